The van der Waals surface area contributed by atoms with Crippen LogP contribution in [0.2, 0.25) is 0 Å². The molecular formula is C15H23N5O. The Morgan fingerprint density at radius 1 is 1.33 bits per heavy atom. The molecule has 0 atom stereocenters. The zero-order valence-electron chi connectivity index (χ0n) is 13.3. The third-order valence-electron chi connectivity index (χ3n) is 3.51. The van der Waals surface area contributed by atoms with Gasteiger partial charge in [-0.15, -0.1) is 0 Å². The number of hydrogen-bond donors (Lipinski definition) is 2. The summed E-state index contributed by atoms with van der Waals surface area (Å²) in [5.41, 5.74) is 8.65. The summed E-state index contributed by atoms with van der Waals surface area (Å²) in [6.45, 7) is 10.5. The van der Waals surface area contributed by atoms with E-state index in [1.165, 1.54) is 6.33 Å². The predicted molar refractivity (Wildman–Crippen MR) is 83.9 cm³/mol. The molecule has 2 aromatic rings. The molecule has 0 aliphatic heterocycles. The molecule has 2 rings (SSSR count). The van der Waals surface area contributed by atoms with Gasteiger partial charge in [0, 0.05) is 24.2 Å². The first kappa shape index (κ1) is 15.3. The molecule has 0 saturated heterocycles. The first-order valence-electron chi connectivity index (χ1n) is 7.07. The number of aromatic nitrogens is 3. The van der Waals surface area contributed by atoms with Crippen molar-refractivity contribution in [2.75, 3.05) is 5.73 Å². The lowest BCUT2D eigenvalue weighted by Gasteiger charge is -2.20. The van der Waals surface area contributed by atoms with Crippen molar-refractivity contribution in [3.05, 3.63) is 17.6 Å². The van der Waals surface area contributed by atoms with Crippen molar-refractivity contribution in [2.24, 2.45) is 0 Å². The van der Waals surface area contributed by atoms with Crippen LogP contribution in [-0.4, -0.2) is 26.0 Å². The van der Waals surface area contributed by atoms with Crippen LogP contribution in [0, 0.1) is 13.8 Å². The number of anilines is 1. The lowest BCUT2D eigenvalue weighted by Crippen LogP contribution is -2.40. The Bertz CT molecular complexity index is 681. The summed E-state index contributed by atoms with van der Waals surface area (Å²) in [5, 5.41) is 3.85. The number of aryl methyl sites for hydroxylation is 2. The second kappa shape index (κ2) is 5.35. The van der Waals surface area contributed by atoms with Crippen LogP contribution >= 0.6 is 0 Å². The molecule has 2 aromatic heterocycles. The van der Waals surface area contributed by atoms with Crippen LogP contribution in [0.1, 0.15) is 38.4 Å². The van der Waals surface area contributed by atoms with Gasteiger partial charge in [-0.25, -0.2) is 9.97 Å². The smallest absolute Gasteiger partial charge is 0.222 e. The van der Waals surface area contributed by atoms with Crippen molar-refractivity contribution in [3.63, 3.8) is 0 Å². The average Bonchev–Trinajstić information content (AvgIpc) is 2.59. The van der Waals surface area contributed by atoms with E-state index in [-0.39, 0.29) is 11.4 Å². The van der Waals surface area contributed by atoms with Crippen LogP contribution < -0.4 is 11.1 Å². The van der Waals surface area contributed by atoms with Gasteiger partial charge in [0.1, 0.15) is 17.8 Å². The number of nitrogen functional groups attached to an aromatic ring is 1. The maximum atomic E-state index is 12.0. The van der Waals surface area contributed by atoms with Gasteiger partial charge in [-0.2, -0.15) is 0 Å². The van der Waals surface area contributed by atoms with E-state index in [2.05, 4.69) is 15.3 Å². The highest BCUT2D eigenvalue weighted by Gasteiger charge is 2.17. The zero-order chi connectivity index (χ0) is 15.8. The van der Waals surface area contributed by atoms with Crippen molar-refractivity contribution in [1.82, 2.24) is 19.9 Å². The SMILES string of the molecule is Cc1c(C)n(CCC(=O)NC(C)(C)C)c2ncnc(N)c12. The Kier molecular flexibility index (Phi) is 3.89. The number of fused-ring (bicyclic) bond motifs is 1. The molecule has 21 heavy (non-hydrogen) atoms. The van der Waals surface area contributed by atoms with Crippen LogP contribution in [0.5, 0.6) is 0 Å². The van der Waals surface area contributed by atoms with Crippen molar-refractivity contribution in [3.8, 4) is 0 Å². The van der Waals surface area contributed by atoms with E-state index in [1.807, 2.05) is 39.2 Å². The van der Waals surface area contributed by atoms with E-state index in [0.717, 1.165) is 22.3 Å². The first-order chi connectivity index (χ1) is 9.70. The van der Waals surface area contributed by atoms with Gasteiger partial charge in [0.25, 0.3) is 0 Å². The van der Waals surface area contributed by atoms with Crippen molar-refractivity contribution in [1.29, 1.82) is 0 Å². The van der Waals surface area contributed by atoms with Crippen molar-refractivity contribution in [2.45, 2.75) is 53.1 Å². The minimum absolute atomic E-state index is 0.0310. The van der Waals surface area contributed by atoms with E-state index >= 15 is 0 Å². The lowest BCUT2D eigenvalue weighted by atomic mass is 10.1. The van der Waals surface area contributed by atoms with E-state index in [9.17, 15) is 4.79 Å². The van der Waals surface area contributed by atoms with Gasteiger partial charge in [0.05, 0.1) is 5.39 Å². The highest BCUT2D eigenvalue weighted by atomic mass is 16.1. The van der Waals surface area contributed by atoms with Gasteiger partial charge >= 0.3 is 0 Å². The summed E-state index contributed by atoms with van der Waals surface area (Å²) in [6, 6.07) is 0. The highest BCUT2D eigenvalue weighted by molar-refractivity contribution is 5.90. The number of nitrogens with zero attached hydrogens (tertiary/aromatic N) is 3. The average molecular weight is 289 g/mol. The number of hydrogen-bond acceptors (Lipinski definition) is 4. The second-order valence-electron chi connectivity index (χ2n) is 6.37. The summed E-state index contributed by atoms with van der Waals surface area (Å²) in [6.07, 6.45) is 1.87. The quantitative estimate of drug-likeness (QED) is 0.904. The molecule has 0 aliphatic rings. The Labute approximate surface area is 124 Å². The molecule has 3 N–H and O–H groups in total. The predicted octanol–water partition coefficient (Wildman–Crippen LogP) is 1.94. The zero-order valence-corrected chi connectivity index (χ0v) is 13.3. The molecule has 0 aliphatic carbocycles. The standard InChI is InChI=1S/C15H23N5O/c1-9-10(2)20(7-6-11(21)19-15(3,4)5)14-12(9)13(16)17-8-18-14/h8H,6-7H2,1-5H3,(H,19,21)(H2,16,17,18). The molecule has 6 nitrogen and oxygen atoms in total. The molecule has 0 saturated carbocycles. The van der Waals surface area contributed by atoms with Crippen LogP contribution in [0.4, 0.5) is 5.82 Å². The fourth-order valence-corrected chi connectivity index (χ4v) is 2.46. The number of rotatable bonds is 3. The van der Waals surface area contributed by atoms with Crippen molar-refractivity contribution < 1.29 is 4.79 Å². The maximum absolute atomic E-state index is 12.0. The topological polar surface area (TPSA) is 85.8 Å². The first-order valence-corrected chi connectivity index (χ1v) is 7.07. The molecule has 0 fully saturated rings. The Balaban J connectivity index is 2.26. The fraction of sp³-hybridized carbons (Fsp3) is 0.533. The number of carbonyl (C=O) groups excluding carboxylic acids is 1. The fourth-order valence-electron chi connectivity index (χ4n) is 2.46. The van der Waals surface area contributed by atoms with E-state index in [0.29, 0.717) is 18.8 Å². The Morgan fingerprint density at radius 3 is 2.62 bits per heavy atom. The van der Waals surface area contributed by atoms with Crippen LogP contribution in [-0.2, 0) is 11.3 Å². The third kappa shape index (κ3) is 3.15. The normalized spacial score (nSPS) is 11.9. The molecule has 0 bridgehead atoms. The van der Waals surface area contributed by atoms with Gasteiger partial charge in [-0.1, -0.05) is 0 Å². The number of nitrogens with one attached hydrogen (secondary N) is 1. The van der Waals surface area contributed by atoms with Gasteiger partial charge in [0.15, 0.2) is 0 Å². The molecule has 0 aromatic carbocycles. The minimum Gasteiger partial charge on any atom is -0.383 e. The van der Waals surface area contributed by atoms with Gasteiger partial charge in [-0.3, -0.25) is 4.79 Å². The molecule has 0 radical (unpaired) electrons. The van der Waals surface area contributed by atoms with Crippen molar-refractivity contribution >= 4 is 22.8 Å². The Morgan fingerprint density at radius 2 is 2.00 bits per heavy atom. The highest BCUT2D eigenvalue weighted by Crippen LogP contribution is 2.26. The summed E-state index contributed by atoms with van der Waals surface area (Å²) < 4.78 is 2.03. The largest absolute Gasteiger partial charge is 0.383 e. The molecular weight excluding hydrogens is 266 g/mol. The van der Waals surface area contributed by atoms with Gasteiger partial charge < -0.3 is 15.6 Å². The lowest BCUT2D eigenvalue weighted by molar-refractivity contribution is -0.122. The number of nitrogens with two attached hydrogens (primary N) is 1. The summed E-state index contributed by atoms with van der Waals surface area (Å²) in [5.74, 6) is 0.516. The Hall–Kier alpha value is -2.11. The van der Waals surface area contributed by atoms with Gasteiger partial charge in [-0.05, 0) is 40.2 Å². The molecule has 114 valence electrons. The van der Waals surface area contributed by atoms with Crippen LogP contribution in [0.25, 0.3) is 11.0 Å². The molecule has 6 heteroatoms. The summed E-state index contributed by atoms with van der Waals surface area (Å²) in [7, 11) is 0. The molecule has 2 heterocycles. The monoisotopic (exact) mass is 289 g/mol. The maximum Gasteiger partial charge on any atom is 0.222 e. The summed E-state index contributed by atoms with van der Waals surface area (Å²) in [4.78, 5) is 20.3. The van der Waals surface area contributed by atoms with E-state index in [1.54, 1.807) is 0 Å². The molecule has 0 spiro atoms. The third-order valence-corrected chi connectivity index (χ3v) is 3.51. The molecule has 0 unspecified atom stereocenters. The number of amides is 1. The van der Waals surface area contributed by atoms with Crippen LogP contribution in [0.3, 0.4) is 0 Å². The minimum atomic E-state index is -0.215. The second-order valence-corrected chi connectivity index (χ2v) is 6.37. The molecule has 1 amide bonds. The van der Waals surface area contributed by atoms with E-state index in [4.69, 9.17) is 5.73 Å². The van der Waals surface area contributed by atoms with Crippen LogP contribution in [0.15, 0.2) is 6.33 Å². The van der Waals surface area contributed by atoms with Gasteiger partial charge in [0.2, 0.25) is 5.91 Å². The number of carbonyl (C=O) groups is 1. The van der Waals surface area contributed by atoms with E-state index < -0.39 is 0 Å². The summed E-state index contributed by atoms with van der Waals surface area (Å²) >= 11 is 0.